The maximum atomic E-state index is 12.3. The van der Waals surface area contributed by atoms with Gasteiger partial charge in [0, 0.05) is 18.1 Å². The number of hydrogen-bond acceptors (Lipinski definition) is 3. The highest BCUT2D eigenvalue weighted by molar-refractivity contribution is 5.86. The van der Waals surface area contributed by atoms with Crippen molar-refractivity contribution in [3.63, 3.8) is 0 Å². The molecule has 0 saturated heterocycles. The lowest BCUT2D eigenvalue weighted by Crippen LogP contribution is -2.05. The summed E-state index contributed by atoms with van der Waals surface area (Å²) in [7, 11) is 0. The summed E-state index contributed by atoms with van der Waals surface area (Å²) in [4.78, 5) is 21.4. The van der Waals surface area contributed by atoms with Crippen LogP contribution in [0.3, 0.4) is 0 Å². The summed E-state index contributed by atoms with van der Waals surface area (Å²) < 4.78 is 28.8. The number of carbonyl (C=O) groups excluding carboxylic acids is 1. The van der Waals surface area contributed by atoms with Crippen LogP contribution in [0.4, 0.5) is 8.78 Å². The molecule has 0 spiro atoms. The topological polar surface area (TPSA) is 63.6 Å². The number of Topliss-reactive ketones (excluding diaryl/α,β-unsaturated/α-hetero) is 1. The minimum absolute atomic E-state index is 0.0997. The molecule has 1 aromatic carbocycles. The number of alkyl halides is 2. The number of benzene rings is 1. The highest BCUT2D eigenvalue weighted by Gasteiger charge is 2.10. The van der Waals surface area contributed by atoms with Crippen LogP contribution in [-0.2, 0) is 16.0 Å². The van der Waals surface area contributed by atoms with Crippen LogP contribution in [0.15, 0.2) is 24.3 Å². The van der Waals surface area contributed by atoms with Crippen molar-refractivity contribution >= 4 is 17.8 Å². The van der Waals surface area contributed by atoms with Crippen molar-refractivity contribution in [3.8, 4) is 5.75 Å². The molecule has 0 amide bonds. The minimum atomic E-state index is -3.02. The Hall–Kier alpha value is -2.24. The van der Waals surface area contributed by atoms with Crippen molar-refractivity contribution in [2.24, 2.45) is 0 Å². The zero-order valence-electron chi connectivity index (χ0n) is 10.1. The van der Waals surface area contributed by atoms with Crippen molar-refractivity contribution in [1.29, 1.82) is 0 Å². The molecule has 0 aromatic heterocycles. The van der Waals surface area contributed by atoms with Crippen LogP contribution in [-0.4, -0.2) is 23.5 Å². The Morgan fingerprint density at radius 2 is 2.11 bits per heavy atom. The lowest BCUT2D eigenvalue weighted by Gasteiger charge is -2.09. The molecule has 19 heavy (non-hydrogen) atoms. The quantitative estimate of drug-likeness (QED) is 0.807. The van der Waals surface area contributed by atoms with Crippen LogP contribution >= 0.6 is 0 Å². The van der Waals surface area contributed by atoms with Gasteiger partial charge in [0.15, 0.2) is 0 Å². The van der Waals surface area contributed by atoms with Gasteiger partial charge < -0.3 is 9.84 Å². The summed E-state index contributed by atoms with van der Waals surface area (Å²) in [6.45, 7) is -1.64. The Morgan fingerprint density at radius 1 is 1.42 bits per heavy atom. The van der Waals surface area contributed by atoms with Crippen LogP contribution in [0.5, 0.6) is 5.75 Å². The molecule has 0 atom stereocenters. The Labute approximate surface area is 108 Å². The van der Waals surface area contributed by atoms with Crippen LogP contribution < -0.4 is 4.74 Å². The smallest absolute Gasteiger partial charge is 0.387 e. The minimum Gasteiger partial charge on any atom is -0.478 e. The molecule has 1 rings (SSSR count). The van der Waals surface area contributed by atoms with E-state index in [0.717, 1.165) is 12.2 Å². The summed E-state index contributed by atoms with van der Waals surface area (Å²) in [5, 5.41) is 8.50. The molecule has 1 aromatic rings. The molecule has 0 fully saturated rings. The highest BCUT2D eigenvalue weighted by Crippen LogP contribution is 2.24. The van der Waals surface area contributed by atoms with Gasteiger partial charge in [-0.2, -0.15) is 8.78 Å². The van der Waals surface area contributed by atoms with Gasteiger partial charge in [0.1, 0.15) is 11.5 Å². The van der Waals surface area contributed by atoms with Gasteiger partial charge in [-0.05, 0) is 24.6 Å². The average Bonchev–Trinajstić information content (AvgIpc) is 2.26. The Morgan fingerprint density at radius 3 is 2.63 bits per heavy atom. The van der Waals surface area contributed by atoms with E-state index in [1.165, 1.54) is 19.1 Å². The van der Waals surface area contributed by atoms with E-state index in [4.69, 9.17) is 5.11 Å². The molecular formula is C13H12F2O4. The molecule has 4 nitrogen and oxygen atoms in total. The van der Waals surface area contributed by atoms with E-state index >= 15 is 0 Å². The van der Waals surface area contributed by atoms with Crippen LogP contribution in [0, 0.1) is 0 Å². The van der Waals surface area contributed by atoms with Crippen molar-refractivity contribution in [3.05, 3.63) is 35.4 Å². The second kappa shape index (κ2) is 6.63. The molecule has 0 heterocycles. The lowest BCUT2D eigenvalue weighted by molar-refractivity contribution is -0.131. The number of aliphatic carboxylic acids is 1. The fourth-order valence-electron chi connectivity index (χ4n) is 1.47. The van der Waals surface area contributed by atoms with Gasteiger partial charge >= 0.3 is 12.6 Å². The molecule has 0 radical (unpaired) electrons. The van der Waals surface area contributed by atoms with Gasteiger partial charge in [0.05, 0.1) is 0 Å². The van der Waals surface area contributed by atoms with Gasteiger partial charge in [-0.3, -0.25) is 4.79 Å². The van der Waals surface area contributed by atoms with E-state index in [0.29, 0.717) is 5.56 Å². The molecule has 1 N–H and O–H groups in total. The number of carboxylic acid groups (broad SMARTS) is 1. The number of halogens is 2. The third kappa shape index (κ3) is 5.29. The number of ketones is 1. The second-order valence-corrected chi connectivity index (χ2v) is 3.80. The molecule has 0 aliphatic rings. The lowest BCUT2D eigenvalue weighted by atomic mass is 10.1. The molecule has 0 aliphatic carbocycles. The van der Waals surface area contributed by atoms with Crippen molar-refractivity contribution in [2.75, 3.05) is 0 Å². The molecule has 0 bridgehead atoms. The van der Waals surface area contributed by atoms with Gasteiger partial charge in [0.25, 0.3) is 0 Å². The summed E-state index contributed by atoms with van der Waals surface area (Å²) in [6.07, 6.45) is 2.07. The standard InChI is InChI=1S/C13H12F2O4/c1-8(16)6-9-2-3-10(4-5-12(17)18)11(7-9)19-13(14)15/h2-5,7,13H,6H2,1H3,(H,17,18)/b5-4+. The molecule has 0 aliphatic heterocycles. The summed E-state index contributed by atoms with van der Waals surface area (Å²) >= 11 is 0. The number of carbonyl (C=O) groups is 2. The number of ether oxygens (including phenoxy) is 1. The monoisotopic (exact) mass is 270 g/mol. The van der Waals surface area contributed by atoms with Crippen LogP contribution in [0.25, 0.3) is 6.08 Å². The Bertz CT molecular complexity index is 509. The van der Waals surface area contributed by atoms with E-state index in [1.54, 1.807) is 6.07 Å². The maximum absolute atomic E-state index is 12.3. The van der Waals surface area contributed by atoms with E-state index in [-0.39, 0.29) is 23.5 Å². The fourth-order valence-corrected chi connectivity index (χ4v) is 1.47. The predicted octanol–water partition coefficient (Wildman–Crippen LogP) is 2.52. The first-order valence-electron chi connectivity index (χ1n) is 5.36. The van der Waals surface area contributed by atoms with Crippen molar-refractivity contribution < 1.29 is 28.2 Å². The fraction of sp³-hybridized carbons (Fsp3) is 0.231. The third-order valence-electron chi connectivity index (χ3n) is 2.15. The maximum Gasteiger partial charge on any atom is 0.387 e. The summed E-state index contributed by atoms with van der Waals surface area (Å²) in [5.41, 5.74) is 0.727. The van der Waals surface area contributed by atoms with Crippen molar-refractivity contribution in [1.82, 2.24) is 0 Å². The number of hydrogen-bond donors (Lipinski definition) is 1. The zero-order valence-corrected chi connectivity index (χ0v) is 10.1. The molecule has 0 unspecified atom stereocenters. The summed E-state index contributed by atoms with van der Waals surface area (Å²) in [5.74, 6) is -1.47. The first-order chi connectivity index (χ1) is 8.88. The second-order valence-electron chi connectivity index (χ2n) is 3.80. The summed E-state index contributed by atoms with van der Waals surface area (Å²) in [6, 6.07) is 4.28. The molecule has 0 saturated carbocycles. The van der Waals surface area contributed by atoms with Gasteiger partial charge in [-0.25, -0.2) is 4.79 Å². The predicted molar refractivity (Wildman–Crippen MR) is 64.1 cm³/mol. The first kappa shape index (κ1) is 14.8. The third-order valence-corrected chi connectivity index (χ3v) is 2.15. The Kier molecular flexibility index (Phi) is 5.17. The van der Waals surface area contributed by atoms with E-state index in [1.807, 2.05) is 0 Å². The van der Waals surface area contributed by atoms with Gasteiger partial charge in [0.2, 0.25) is 0 Å². The molecule has 102 valence electrons. The number of carboxylic acids is 1. The molecular weight excluding hydrogens is 258 g/mol. The normalized spacial score (nSPS) is 10.9. The van der Waals surface area contributed by atoms with E-state index in [2.05, 4.69) is 4.74 Å². The largest absolute Gasteiger partial charge is 0.478 e. The zero-order chi connectivity index (χ0) is 14.4. The number of rotatable bonds is 6. The van der Waals surface area contributed by atoms with Gasteiger partial charge in [-0.15, -0.1) is 0 Å². The van der Waals surface area contributed by atoms with Crippen LogP contribution in [0.2, 0.25) is 0 Å². The van der Waals surface area contributed by atoms with Crippen LogP contribution in [0.1, 0.15) is 18.1 Å². The van der Waals surface area contributed by atoms with Crippen molar-refractivity contribution in [2.45, 2.75) is 20.0 Å². The average molecular weight is 270 g/mol. The Balaban J connectivity index is 3.08. The van der Waals surface area contributed by atoms with Gasteiger partial charge in [-0.1, -0.05) is 12.1 Å². The SMILES string of the molecule is CC(=O)Cc1ccc(/C=C/C(=O)O)c(OC(F)F)c1. The highest BCUT2D eigenvalue weighted by atomic mass is 19.3. The molecule has 6 heteroatoms. The van der Waals surface area contributed by atoms with E-state index < -0.39 is 12.6 Å². The first-order valence-corrected chi connectivity index (χ1v) is 5.36. The van der Waals surface area contributed by atoms with E-state index in [9.17, 15) is 18.4 Å².